The minimum absolute atomic E-state index is 0.170. The van der Waals surface area contributed by atoms with Crippen LogP contribution in [-0.2, 0) is 9.84 Å². The predicted molar refractivity (Wildman–Crippen MR) is 79.6 cm³/mol. The topological polar surface area (TPSA) is 62.8 Å². The van der Waals surface area contributed by atoms with Crippen LogP contribution in [0.1, 0.15) is 0 Å². The minimum atomic E-state index is -3.39. The Labute approximate surface area is 121 Å². The van der Waals surface area contributed by atoms with Gasteiger partial charge in [0, 0.05) is 16.8 Å². The molecule has 0 saturated carbocycles. The van der Waals surface area contributed by atoms with Crippen molar-refractivity contribution in [3.05, 3.63) is 47.5 Å². The van der Waals surface area contributed by atoms with Crippen LogP contribution in [0.2, 0.25) is 5.02 Å². The molecule has 6 heteroatoms. The Morgan fingerprint density at radius 1 is 1.15 bits per heavy atom. The second-order valence-electron chi connectivity index (χ2n) is 4.52. The lowest BCUT2D eigenvalue weighted by atomic mass is 10.2. The lowest BCUT2D eigenvalue weighted by Crippen LogP contribution is -2.00. The Morgan fingerprint density at radius 2 is 1.90 bits per heavy atom. The summed E-state index contributed by atoms with van der Waals surface area (Å²) in [6.07, 6.45) is 1.16. The van der Waals surface area contributed by atoms with Gasteiger partial charge in [-0.25, -0.2) is 13.4 Å². The first-order chi connectivity index (χ1) is 9.45. The monoisotopic (exact) mass is 306 g/mol. The molecule has 1 heterocycles. The van der Waals surface area contributed by atoms with E-state index in [4.69, 9.17) is 11.6 Å². The van der Waals surface area contributed by atoms with E-state index in [9.17, 15) is 8.42 Å². The highest BCUT2D eigenvalue weighted by molar-refractivity contribution is 7.90. The second kappa shape index (κ2) is 4.61. The maximum Gasteiger partial charge on any atom is 0.176 e. The van der Waals surface area contributed by atoms with Gasteiger partial charge in [0.1, 0.15) is 5.82 Å². The highest BCUT2D eigenvalue weighted by atomic mass is 35.5. The van der Waals surface area contributed by atoms with Crippen molar-refractivity contribution in [3.63, 3.8) is 0 Å². The first-order valence-electron chi connectivity index (χ1n) is 5.90. The van der Waals surface area contributed by atoms with Crippen LogP contribution in [0.3, 0.4) is 0 Å². The molecule has 0 fully saturated rings. The fraction of sp³-hybridized carbons (Fsp3) is 0.0714. The van der Waals surface area contributed by atoms with Crippen LogP contribution in [-0.4, -0.2) is 24.6 Å². The molecular formula is C14H11ClN2O2S. The van der Waals surface area contributed by atoms with E-state index in [1.165, 1.54) is 6.07 Å². The number of rotatable bonds is 2. The van der Waals surface area contributed by atoms with Crippen molar-refractivity contribution >= 4 is 32.5 Å². The summed E-state index contributed by atoms with van der Waals surface area (Å²) >= 11 is 5.89. The average molecular weight is 307 g/mol. The molecule has 0 saturated heterocycles. The van der Waals surface area contributed by atoms with Gasteiger partial charge in [0.05, 0.1) is 15.9 Å². The van der Waals surface area contributed by atoms with E-state index in [1.54, 1.807) is 12.1 Å². The van der Waals surface area contributed by atoms with Gasteiger partial charge in [-0.15, -0.1) is 0 Å². The molecule has 20 heavy (non-hydrogen) atoms. The Kier molecular flexibility index (Phi) is 3.03. The van der Waals surface area contributed by atoms with E-state index in [1.807, 2.05) is 24.3 Å². The number of nitrogens with one attached hydrogen (secondary N) is 1. The van der Waals surface area contributed by atoms with Gasteiger partial charge < -0.3 is 4.98 Å². The van der Waals surface area contributed by atoms with Crippen molar-refractivity contribution < 1.29 is 8.42 Å². The SMILES string of the molecule is CS(=O)(=O)c1cc(Cl)ccc1-c1nc2ccccc2[nH]1. The molecular weight excluding hydrogens is 296 g/mol. The van der Waals surface area contributed by atoms with Crippen LogP contribution in [0, 0.1) is 0 Å². The van der Waals surface area contributed by atoms with Crippen LogP contribution < -0.4 is 0 Å². The highest BCUT2D eigenvalue weighted by Gasteiger charge is 2.17. The van der Waals surface area contributed by atoms with Gasteiger partial charge in [-0.2, -0.15) is 0 Å². The van der Waals surface area contributed by atoms with Gasteiger partial charge in [0.15, 0.2) is 9.84 Å². The average Bonchev–Trinajstić information content (AvgIpc) is 2.81. The molecule has 102 valence electrons. The molecule has 0 spiro atoms. The fourth-order valence-electron chi connectivity index (χ4n) is 2.08. The molecule has 0 aliphatic heterocycles. The molecule has 0 aliphatic rings. The van der Waals surface area contributed by atoms with Crippen LogP contribution in [0.15, 0.2) is 47.4 Å². The third-order valence-corrected chi connectivity index (χ3v) is 4.36. The number of halogens is 1. The first-order valence-corrected chi connectivity index (χ1v) is 8.17. The second-order valence-corrected chi connectivity index (χ2v) is 6.94. The molecule has 1 aromatic heterocycles. The number of aromatic amines is 1. The van der Waals surface area contributed by atoms with Crippen molar-refractivity contribution in [1.82, 2.24) is 9.97 Å². The van der Waals surface area contributed by atoms with Crippen molar-refractivity contribution in [3.8, 4) is 11.4 Å². The number of aromatic nitrogens is 2. The fourth-order valence-corrected chi connectivity index (χ4v) is 3.22. The predicted octanol–water partition coefficient (Wildman–Crippen LogP) is 3.29. The first kappa shape index (κ1) is 13.1. The molecule has 0 amide bonds. The Bertz CT molecular complexity index is 867. The quantitative estimate of drug-likeness (QED) is 0.790. The summed E-state index contributed by atoms with van der Waals surface area (Å²) in [5.74, 6) is 0.517. The smallest absolute Gasteiger partial charge is 0.176 e. The zero-order valence-electron chi connectivity index (χ0n) is 10.6. The van der Waals surface area contributed by atoms with Gasteiger partial charge >= 0.3 is 0 Å². The Hall–Kier alpha value is -1.85. The van der Waals surface area contributed by atoms with Gasteiger partial charge in [-0.3, -0.25) is 0 Å². The number of hydrogen-bond donors (Lipinski definition) is 1. The van der Waals surface area contributed by atoms with E-state index in [2.05, 4.69) is 9.97 Å². The van der Waals surface area contributed by atoms with Gasteiger partial charge in [0.2, 0.25) is 0 Å². The van der Waals surface area contributed by atoms with E-state index >= 15 is 0 Å². The molecule has 3 rings (SSSR count). The molecule has 2 aromatic carbocycles. The lowest BCUT2D eigenvalue weighted by molar-refractivity contribution is 0.602. The third-order valence-electron chi connectivity index (χ3n) is 2.99. The summed E-state index contributed by atoms with van der Waals surface area (Å²) < 4.78 is 23.8. The van der Waals surface area contributed by atoms with E-state index < -0.39 is 9.84 Å². The zero-order chi connectivity index (χ0) is 14.3. The molecule has 0 radical (unpaired) electrons. The maximum absolute atomic E-state index is 11.9. The van der Waals surface area contributed by atoms with E-state index in [0.717, 1.165) is 17.3 Å². The normalized spacial score (nSPS) is 11.9. The van der Waals surface area contributed by atoms with Gasteiger partial charge in [0.25, 0.3) is 0 Å². The van der Waals surface area contributed by atoms with Gasteiger partial charge in [-0.05, 0) is 30.3 Å². The Morgan fingerprint density at radius 3 is 2.60 bits per heavy atom. The number of hydrogen-bond acceptors (Lipinski definition) is 3. The summed E-state index contributed by atoms with van der Waals surface area (Å²) in [4.78, 5) is 7.72. The lowest BCUT2D eigenvalue weighted by Gasteiger charge is -2.05. The molecule has 3 aromatic rings. The van der Waals surface area contributed by atoms with Crippen LogP contribution in [0.25, 0.3) is 22.4 Å². The number of fused-ring (bicyclic) bond motifs is 1. The van der Waals surface area contributed by atoms with E-state index in [-0.39, 0.29) is 4.90 Å². The number of H-pyrrole nitrogens is 1. The summed E-state index contributed by atoms with van der Waals surface area (Å²) in [5, 5.41) is 0.380. The number of para-hydroxylation sites is 2. The zero-order valence-corrected chi connectivity index (χ0v) is 12.2. The van der Waals surface area contributed by atoms with Crippen molar-refractivity contribution in [2.45, 2.75) is 4.90 Å². The molecule has 0 aliphatic carbocycles. The molecule has 0 unspecified atom stereocenters. The molecule has 0 bridgehead atoms. The number of sulfone groups is 1. The summed E-state index contributed by atoms with van der Waals surface area (Å²) in [5.41, 5.74) is 2.17. The summed E-state index contributed by atoms with van der Waals surface area (Å²) in [7, 11) is -3.39. The highest BCUT2D eigenvalue weighted by Crippen LogP contribution is 2.29. The third kappa shape index (κ3) is 2.30. The van der Waals surface area contributed by atoms with Crippen LogP contribution in [0.5, 0.6) is 0 Å². The summed E-state index contributed by atoms with van der Waals surface area (Å²) in [6, 6.07) is 12.3. The van der Waals surface area contributed by atoms with Crippen LogP contribution in [0.4, 0.5) is 0 Å². The van der Waals surface area contributed by atoms with Crippen molar-refractivity contribution in [2.75, 3.05) is 6.26 Å². The number of benzene rings is 2. The van der Waals surface area contributed by atoms with Crippen molar-refractivity contribution in [2.24, 2.45) is 0 Å². The summed E-state index contributed by atoms with van der Waals surface area (Å²) in [6.45, 7) is 0. The molecule has 4 nitrogen and oxygen atoms in total. The minimum Gasteiger partial charge on any atom is -0.338 e. The molecule has 0 atom stereocenters. The van der Waals surface area contributed by atoms with Crippen molar-refractivity contribution in [1.29, 1.82) is 0 Å². The van der Waals surface area contributed by atoms with E-state index in [0.29, 0.717) is 16.4 Å². The van der Waals surface area contributed by atoms with Crippen LogP contribution >= 0.6 is 11.6 Å². The molecule has 1 N–H and O–H groups in total. The standard InChI is InChI=1S/C14H11ClN2O2S/c1-20(18,19)13-8-9(15)6-7-10(13)14-16-11-4-2-3-5-12(11)17-14/h2-8H,1H3,(H,16,17). The largest absolute Gasteiger partial charge is 0.338 e. The number of nitrogens with zero attached hydrogens (tertiary/aromatic N) is 1. The Balaban J connectivity index is 2.29. The van der Waals surface area contributed by atoms with Gasteiger partial charge in [-0.1, -0.05) is 23.7 Å². The number of imidazole rings is 1. The maximum atomic E-state index is 11.9.